The minimum atomic E-state index is -0.655. The molecule has 0 heterocycles. The van der Waals surface area contributed by atoms with E-state index in [0.29, 0.717) is 5.69 Å². The molecule has 0 fully saturated rings. The third kappa shape index (κ3) is 5.64. The number of hydrogen-bond donors (Lipinski definition) is 2. The monoisotopic (exact) mass is 321 g/mol. The van der Waals surface area contributed by atoms with Gasteiger partial charge < -0.3 is 24.5 Å². The summed E-state index contributed by atoms with van der Waals surface area (Å²) in [6.07, 6.45) is 1.34. The first kappa shape index (κ1) is 18.5. The van der Waals surface area contributed by atoms with Crippen LogP contribution in [0.3, 0.4) is 0 Å². The number of esters is 1. The average Bonchev–Trinajstić information content (AvgIpc) is 2.56. The Bertz CT molecular complexity index is 596. The second kappa shape index (κ2) is 9.49. The summed E-state index contributed by atoms with van der Waals surface area (Å²) < 4.78 is 14.3. The molecule has 0 aromatic heterocycles. The molecule has 1 rings (SSSR count). The molecule has 0 aliphatic rings. The van der Waals surface area contributed by atoms with Crippen LogP contribution >= 0.6 is 0 Å². The summed E-state index contributed by atoms with van der Waals surface area (Å²) in [5.41, 5.74) is 0.670. The van der Waals surface area contributed by atoms with E-state index in [4.69, 9.17) is 9.31 Å². The second-order valence-corrected chi connectivity index (χ2v) is 4.30. The number of nitro groups is 1. The van der Waals surface area contributed by atoms with Crippen molar-refractivity contribution in [1.29, 1.82) is 0 Å². The predicted molar refractivity (Wildman–Crippen MR) is 88.2 cm³/mol. The van der Waals surface area contributed by atoms with Crippen LogP contribution in [0.25, 0.3) is 6.08 Å². The first-order valence-corrected chi connectivity index (χ1v) is 6.57. The molecule has 0 radical (unpaired) electrons. The lowest BCUT2D eigenvalue weighted by Gasteiger charge is -2.09. The van der Waals surface area contributed by atoms with E-state index in [2.05, 4.69) is 15.2 Å². The molecule has 0 amide bonds. The summed E-state index contributed by atoms with van der Waals surface area (Å²) in [6.45, 7) is 0. The van der Waals surface area contributed by atoms with Crippen LogP contribution in [-0.4, -0.2) is 47.5 Å². The third-order valence-corrected chi connectivity index (χ3v) is 2.76. The Balaban J connectivity index is 3.19. The van der Waals surface area contributed by atoms with Gasteiger partial charge in [0.2, 0.25) is 0 Å². The molecule has 0 atom stereocenters. The highest BCUT2D eigenvalue weighted by Crippen LogP contribution is 2.25. The molecule has 0 spiro atoms. The normalized spacial score (nSPS) is 10.7. The minimum Gasteiger partial charge on any atom is -0.464 e. The molecule has 0 aliphatic heterocycles. The van der Waals surface area contributed by atoms with Gasteiger partial charge in [-0.1, -0.05) is 0 Å². The average molecular weight is 321 g/mol. The molecule has 0 aliphatic carbocycles. The number of carbonyl (C=O) groups excluding carboxylic acids is 1. The highest BCUT2D eigenvalue weighted by Gasteiger charge is 2.17. The fourth-order valence-electron chi connectivity index (χ4n) is 1.69. The van der Waals surface area contributed by atoms with Crippen LogP contribution in [0, 0.1) is 10.1 Å². The van der Waals surface area contributed by atoms with Crippen LogP contribution in [0.4, 0.5) is 11.4 Å². The first-order valence-electron chi connectivity index (χ1n) is 6.57. The van der Waals surface area contributed by atoms with Crippen molar-refractivity contribution in [2.75, 3.05) is 26.6 Å². The number of anilines is 1. The number of rotatable bonds is 9. The van der Waals surface area contributed by atoms with Gasteiger partial charge in [-0.25, -0.2) is 4.79 Å². The van der Waals surface area contributed by atoms with Gasteiger partial charge in [-0.15, -0.1) is 0 Å². The molecule has 0 bridgehead atoms. The summed E-state index contributed by atoms with van der Waals surface area (Å²) in [6, 6.07) is 4.52. The molecular weight excluding hydrogens is 304 g/mol. The second-order valence-electron chi connectivity index (χ2n) is 4.30. The third-order valence-electron chi connectivity index (χ3n) is 2.76. The maximum absolute atomic E-state index is 11.7. The molecule has 11 heteroatoms. The molecule has 122 valence electrons. The standard InChI is InChI=1S/C12H17B2N3O6/c1-21-12(18)10(16-14-23-3)6-8-4-5-9(15-13-22-2)7-11(8)17(19)20/h4-7,13-16H,1-3H3/b10-6-. The van der Waals surface area contributed by atoms with Crippen molar-refractivity contribution in [3.8, 4) is 0 Å². The molecule has 1 aromatic carbocycles. The summed E-state index contributed by atoms with van der Waals surface area (Å²) in [5, 5.41) is 16.8. The van der Waals surface area contributed by atoms with E-state index in [-0.39, 0.29) is 32.2 Å². The van der Waals surface area contributed by atoms with Crippen LogP contribution in [-0.2, 0) is 18.8 Å². The SMILES string of the molecule is COBN/C(=C\c1ccc(NBOC)cc1[N+](=O)[O-])C(=O)OC. The predicted octanol–water partition coefficient (Wildman–Crippen LogP) is -0.0640. The van der Waals surface area contributed by atoms with Gasteiger partial charge >= 0.3 is 21.2 Å². The molecule has 23 heavy (non-hydrogen) atoms. The zero-order chi connectivity index (χ0) is 17.2. The zero-order valence-electron chi connectivity index (χ0n) is 13.1. The summed E-state index contributed by atoms with van der Waals surface area (Å²) in [7, 11) is 4.44. The lowest BCUT2D eigenvalue weighted by atomic mass is 10.1. The van der Waals surface area contributed by atoms with Gasteiger partial charge in [0.05, 0.1) is 17.6 Å². The van der Waals surface area contributed by atoms with Crippen molar-refractivity contribution >= 4 is 38.7 Å². The van der Waals surface area contributed by atoms with Crippen LogP contribution in [0.2, 0.25) is 0 Å². The van der Waals surface area contributed by atoms with Crippen LogP contribution in [0.1, 0.15) is 5.56 Å². The number of ether oxygens (including phenoxy) is 1. The van der Waals surface area contributed by atoms with Crippen molar-refractivity contribution in [3.05, 3.63) is 39.6 Å². The largest absolute Gasteiger partial charge is 0.464 e. The highest BCUT2D eigenvalue weighted by atomic mass is 16.6. The molecule has 2 N–H and O–H groups in total. The van der Waals surface area contributed by atoms with Crippen molar-refractivity contribution in [2.45, 2.75) is 0 Å². The van der Waals surface area contributed by atoms with Crippen molar-refractivity contribution in [2.24, 2.45) is 0 Å². The molecule has 1 aromatic rings. The van der Waals surface area contributed by atoms with Gasteiger partial charge in [0, 0.05) is 26.0 Å². The van der Waals surface area contributed by atoms with E-state index in [1.807, 2.05) is 0 Å². The Hall–Kier alpha value is -2.52. The number of methoxy groups -OCH3 is 1. The minimum absolute atomic E-state index is 0.0510. The molecule has 9 nitrogen and oxygen atoms in total. The van der Waals surface area contributed by atoms with Gasteiger partial charge in [0.1, 0.15) is 5.70 Å². The van der Waals surface area contributed by atoms with Gasteiger partial charge in [-0.05, 0) is 18.2 Å². The van der Waals surface area contributed by atoms with Gasteiger partial charge in [0.15, 0.2) is 0 Å². The number of nitro benzene ring substituents is 1. The van der Waals surface area contributed by atoms with Gasteiger partial charge in [-0.2, -0.15) is 0 Å². The Kier molecular flexibility index (Phi) is 7.64. The lowest BCUT2D eigenvalue weighted by molar-refractivity contribution is -0.385. The Morgan fingerprint density at radius 2 is 1.96 bits per heavy atom. The summed E-state index contributed by atoms with van der Waals surface area (Å²) in [4.78, 5) is 22.4. The van der Waals surface area contributed by atoms with Crippen molar-refractivity contribution in [1.82, 2.24) is 5.23 Å². The van der Waals surface area contributed by atoms with E-state index in [9.17, 15) is 14.9 Å². The number of benzene rings is 1. The molecule has 0 unspecified atom stereocenters. The van der Waals surface area contributed by atoms with Crippen molar-refractivity contribution < 1.29 is 23.8 Å². The molecular formula is C12H17B2N3O6. The Morgan fingerprint density at radius 1 is 1.26 bits per heavy atom. The van der Waals surface area contributed by atoms with E-state index in [0.717, 1.165) is 0 Å². The zero-order valence-corrected chi connectivity index (χ0v) is 13.1. The van der Waals surface area contributed by atoms with Crippen LogP contribution < -0.4 is 10.5 Å². The van der Waals surface area contributed by atoms with Crippen LogP contribution in [0.5, 0.6) is 0 Å². The number of nitrogens with zero attached hydrogens (tertiary/aromatic N) is 1. The van der Waals surface area contributed by atoms with E-state index < -0.39 is 10.9 Å². The van der Waals surface area contributed by atoms with E-state index >= 15 is 0 Å². The lowest BCUT2D eigenvalue weighted by Crippen LogP contribution is -2.26. The van der Waals surface area contributed by atoms with Crippen LogP contribution in [0.15, 0.2) is 23.9 Å². The fraction of sp³-hybridized carbons (Fsp3) is 0.250. The van der Waals surface area contributed by atoms with Crippen molar-refractivity contribution in [3.63, 3.8) is 0 Å². The summed E-state index contributed by atoms with van der Waals surface area (Å²) >= 11 is 0. The quantitative estimate of drug-likeness (QED) is 0.214. The number of hydrogen-bond acceptors (Lipinski definition) is 8. The van der Waals surface area contributed by atoms with Gasteiger partial charge in [-0.3, -0.25) is 10.1 Å². The molecule has 0 saturated heterocycles. The fourth-order valence-corrected chi connectivity index (χ4v) is 1.69. The summed E-state index contributed by atoms with van der Waals surface area (Å²) in [5.74, 6) is -0.655. The smallest absolute Gasteiger partial charge is 0.394 e. The number of carbonyl (C=O) groups is 1. The number of nitrogens with one attached hydrogen (secondary N) is 2. The first-order chi connectivity index (χ1) is 11.0. The Labute approximate surface area is 134 Å². The highest BCUT2D eigenvalue weighted by molar-refractivity contribution is 6.32. The topological polar surface area (TPSA) is 112 Å². The van der Waals surface area contributed by atoms with E-state index in [1.54, 1.807) is 6.07 Å². The Morgan fingerprint density at radius 3 is 2.52 bits per heavy atom. The van der Waals surface area contributed by atoms with Gasteiger partial charge in [0.25, 0.3) is 5.69 Å². The maximum Gasteiger partial charge on any atom is 0.394 e. The van der Waals surface area contributed by atoms with E-state index in [1.165, 1.54) is 39.5 Å². The molecule has 0 saturated carbocycles. The maximum atomic E-state index is 11.7.